The summed E-state index contributed by atoms with van der Waals surface area (Å²) in [4.78, 5) is 27.9. The smallest absolute Gasteiger partial charge is 0.253 e. The number of piperidine rings is 1. The van der Waals surface area contributed by atoms with Gasteiger partial charge in [0, 0.05) is 12.1 Å². The Bertz CT molecular complexity index is 697. The summed E-state index contributed by atoms with van der Waals surface area (Å²) in [6.45, 7) is 1.44. The number of carbonyl (C=O) groups excluding carboxylic acids is 2. The Morgan fingerprint density at radius 1 is 0.929 bits per heavy atom. The minimum atomic E-state index is -0.0758. The number of fused-ring (bicyclic) bond motifs is 1. The number of hydrogen-bond acceptors (Lipinski definition) is 3. The molecule has 2 aliphatic carbocycles. The van der Waals surface area contributed by atoms with Gasteiger partial charge in [0.1, 0.15) is 0 Å². The van der Waals surface area contributed by atoms with Gasteiger partial charge in [0.25, 0.3) is 5.91 Å². The molecule has 3 aliphatic rings. The topological polar surface area (TPSA) is 61.4 Å². The van der Waals surface area contributed by atoms with E-state index in [0.29, 0.717) is 23.8 Å². The summed E-state index contributed by atoms with van der Waals surface area (Å²) in [5.41, 5.74) is 1.19. The highest BCUT2D eigenvalue weighted by atomic mass is 16.2. The summed E-state index contributed by atoms with van der Waals surface area (Å²) >= 11 is 0. The number of anilines is 1. The molecule has 2 atom stereocenters. The van der Waals surface area contributed by atoms with Crippen LogP contribution >= 0.6 is 0 Å². The largest absolute Gasteiger partial charge is 0.349 e. The zero-order chi connectivity index (χ0) is 19.3. The second-order valence-corrected chi connectivity index (χ2v) is 8.77. The van der Waals surface area contributed by atoms with E-state index in [0.717, 1.165) is 25.3 Å². The highest BCUT2D eigenvalue weighted by molar-refractivity contribution is 6.04. The lowest BCUT2D eigenvalue weighted by Gasteiger charge is -2.43. The maximum Gasteiger partial charge on any atom is 0.253 e. The van der Waals surface area contributed by atoms with Gasteiger partial charge in [-0.05, 0) is 63.1 Å². The van der Waals surface area contributed by atoms with E-state index in [4.69, 9.17) is 0 Å². The molecule has 5 nitrogen and oxygen atoms in total. The fourth-order valence-corrected chi connectivity index (χ4v) is 5.42. The van der Waals surface area contributed by atoms with Crippen molar-refractivity contribution in [2.75, 3.05) is 18.4 Å². The summed E-state index contributed by atoms with van der Waals surface area (Å²) in [5, 5.41) is 6.14. The standard InChI is InChI=1S/C23H33N3O2/c27-22(16-26-15-7-9-17-8-1-6-14-21(17)26)25-20-13-5-4-12-19(20)23(28)24-18-10-2-3-11-18/h4-5,12-13,17-18,21H,1-3,6-11,14-16H2,(H,24,28)(H,25,27)/t17-,21-/m1/s1. The molecule has 2 N–H and O–H groups in total. The predicted molar refractivity (Wildman–Crippen MR) is 111 cm³/mol. The molecule has 0 unspecified atom stereocenters. The van der Waals surface area contributed by atoms with Crippen LogP contribution in [0.1, 0.15) is 74.6 Å². The molecule has 28 heavy (non-hydrogen) atoms. The van der Waals surface area contributed by atoms with Crippen molar-refractivity contribution in [3.8, 4) is 0 Å². The number of likely N-dealkylation sites (tertiary alicyclic amines) is 1. The molecule has 1 aromatic rings. The molecule has 1 saturated heterocycles. The lowest BCUT2D eigenvalue weighted by atomic mass is 9.78. The van der Waals surface area contributed by atoms with Crippen molar-refractivity contribution >= 4 is 17.5 Å². The summed E-state index contributed by atoms with van der Waals surface area (Å²) in [5.74, 6) is 0.681. The zero-order valence-corrected chi connectivity index (χ0v) is 16.8. The fraction of sp³-hybridized carbons (Fsp3) is 0.652. The molecular formula is C23H33N3O2. The number of rotatable bonds is 5. The first-order chi connectivity index (χ1) is 13.7. The first-order valence-electron chi connectivity index (χ1n) is 11.1. The number of nitrogens with one attached hydrogen (secondary N) is 2. The Hall–Kier alpha value is -1.88. The lowest BCUT2D eigenvalue weighted by molar-refractivity contribution is -0.118. The third kappa shape index (κ3) is 4.57. The second kappa shape index (κ2) is 9.08. The number of para-hydroxylation sites is 1. The number of amides is 2. The van der Waals surface area contributed by atoms with E-state index in [-0.39, 0.29) is 17.9 Å². The van der Waals surface area contributed by atoms with Crippen LogP contribution in [0.15, 0.2) is 24.3 Å². The SMILES string of the molecule is O=C(CN1CCC[C@H]2CCCC[C@H]21)Nc1ccccc1C(=O)NC1CCCC1. The summed E-state index contributed by atoms with van der Waals surface area (Å²) in [7, 11) is 0. The quantitative estimate of drug-likeness (QED) is 0.809. The molecule has 4 rings (SSSR count). The molecule has 1 heterocycles. The third-order valence-corrected chi connectivity index (χ3v) is 6.84. The number of nitrogens with zero attached hydrogens (tertiary/aromatic N) is 1. The van der Waals surface area contributed by atoms with E-state index >= 15 is 0 Å². The predicted octanol–water partition coefficient (Wildman–Crippen LogP) is 3.95. The molecule has 2 saturated carbocycles. The third-order valence-electron chi connectivity index (χ3n) is 6.84. The maximum absolute atomic E-state index is 12.8. The van der Waals surface area contributed by atoms with Crippen molar-refractivity contribution in [1.29, 1.82) is 0 Å². The van der Waals surface area contributed by atoms with Crippen LogP contribution in [0.5, 0.6) is 0 Å². The van der Waals surface area contributed by atoms with E-state index in [1.165, 1.54) is 51.4 Å². The molecule has 2 amide bonds. The summed E-state index contributed by atoms with van der Waals surface area (Å²) in [6, 6.07) is 8.21. The van der Waals surface area contributed by atoms with Gasteiger partial charge in [0.05, 0.1) is 17.8 Å². The van der Waals surface area contributed by atoms with Crippen molar-refractivity contribution in [2.45, 2.75) is 76.3 Å². The zero-order valence-electron chi connectivity index (χ0n) is 16.8. The maximum atomic E-state index is 12.8. The average molecular weight is 384 g/mol. The monoisotopic (exact) mass is 383 g/mol. The van der Waals surface area contributed by atoms with Gasteiger partial charge in [0.15, 0.2) is 0 Å². The van der Waals surface area contributed by atoms with Crippen LogP contribution in [-0.4, -0.2) is 41.9 Å². The van der Waals surface area contributed by atoms with E-state index in [9.17, 15) is 9.59 Å². The highest BCUT2D eigenvalue weighted by Crippen LogP contribution is 2.35. The number of hydrogen-bond donors (Lipinski definition) is 2. The van der Waals surface area contributed by atoms with E-state index in [1.807, 2.05) is 18.2 Å². The van der Waals surface area contributed by atoms with E-state index in [1.54, 1.807) is 6.07 Å². The summed E-state index contributed by atoms with van der Waals surface area (Å²) in [6.07, 6.45) is 12.1. The normalized spacial score (nSPS) is 25.9. The Morgan fingerprint density at radius 3 is 2.50 bits per heavy atom. The van der Waals surface area contributed by atoms with Crippen LogP contribution in [0, 0.1) is 5.92 Å². The van der Waals surface area contributed by atoms with Gasteiger partial charge in [-0.2, -0.15) is 0 Å². The van der Waals surface area contributed by atoms with Crippen molar-refractivity contribution in [2.24, 2.45) is 5.92 Å². The first kappa shape index (κ1) is 19.4. The van der Waals surface area contributed by atoms with Crippen LogP contribution in [0.3, 0.4) is 0 Å². The minimum absolute atomic E-state index is 0.00709. The molecule has 5 heteroatoms. The van der Waals surface area contributed by atoms with Crippen LogP contribution in [0.4, 0.5) is 5.69 Å². The average Bonchev–Trinajstić information content (AvgIpc) is 3.21. The molecule has 0 spiro atoms. The molecular weight excluding hydrogens is 350 g/mol. The molecule has 0 radical (unpaired) electrons. The Labute approximate surface area is 168 Å². The van der Waals surface area contributed by atoms with Crippen LogP contribution in [0.2, 0.25) is 0 Å². The second-order valence-electron chi connectivity index (χ2n) is 8.77. The molecule has 1 aliphatic heterocycles. The van der Waals surface area contributed by atoms with Gasteiger partial charge < -0.3 is 10.6 Å². The Kier molecular flexibility index (Phi) is 6.30. The molecule has 152 valence electrons. The van der Waals surface area contributed by atoms with E-state index < -0.39 is 0 Å². The van der Waals surface area contributed by atoms with Crippen LogP contribution < -0.4 is 10.6 Å². The Balaban J connectivity index is 1.38. The summed E-state index contributed by atoms with van der Waals surface area (Å²) < 4.78 is 0. The van der Waals surface area contributed by atoms with Crippen LogP contribution in [-0.2, 0) is 4.79 Å². The Morgan fingerprint density at radius 2 is 1.64 bits per heavy atom. The number of benzene rings is 1. The van der Waals surface area contributed by atoms with Gasteiger partial charge >= 0.3 is 0 Å². The van der Waals surface area contributed by atoms with Gasteiger partial charge in [0.2, 0.25) is 5.91 Å². The molecule has 1 aromatic carbocycles. The van der Waals surface area contributed by atoms with Crippen LogP contribution in [0.25, 0.3) is 0 Å². The fourth-order valence-electron chi connectivity index (χ4n) is 5.42. The molecule has 3 fully saturated rings. The highest BCUT2D eigenvalue weighted by Gasteiger charge is 2.34. The minimum Gasteiger partial charge on any atom is -0.349 e. The van der Waals surface area contributed by atoms with Gasteiger partial charge in [-0.1, -0.05) is 37.8 Å². The molecule has 0 aromatic heterocycles. The first-order valence-corrected chi connectivity index (χ1v) is 11.1. The van der Waals surface area contributed by atoms with E-state index in [2.05, 4.69) is 15.5 Å². The lowest BCUT2D eigenvalue weighted by Crippen LogP contribution is -2.49. The molecule has 0 bridgehead atoms. The van der Waals surface area contributed by atoms with Gasteiger partial charge in [-0.3, -0.25) is 14.5 Å². The van der Waals surface area contributed by atoms with Gasteiger partial charge in [-0.15, -0.1) is 0 Å². The number of carbonyl (C=O) groups is 2. The van der Waals surface area contributed by atoms with Gasteiger partial charge in [-0.25, -0.2) is 0 Å². The van der Waals surface area contributed by atoms with Crippen molar-refractivity contribution in [3.05, 3.63) is 29.8 Å². The van der Waals surface area contributed by atoms with Crippen molar-refractivity contribution in [3.63, 3.8) is 0 Å². The van der Waals surface area contributed by atoms with Crippen molar-refractivity contribution in [1.82, 2.24) is 10.2 Å². The van der Waals surface area contributed by atoms with Crippen molar-refractivity contribution < 1.29 is 9.59 Å².